The molecule has 1 saturated carbocycles. The molecule has 2 fully saturated rings. The quantitative estimate of drug-likeness (QED) is 0.794. The first-order valence-corrected chi connectivity index (χ1v) is 6.07. The summed E-state index contributed by atoms with van der Waals surface area (Å²) in [7, 11) is 0. The van der Waals surface area contributed by atoms with E-state index in [-0.39, 0.29) is 0 Å². The third-order valence-electron chi connectivity index (χ3n) is 4.11. The highest BCUT2D eigenvalue weighted by Gasteiger charge is 2.44. The van der Waals surface area contributed by atoms with E-state index < -0.39 is 0 Å². The standard InChI is InChI=1S/C13H18N2O/c14-8-13-9-4-5-11(6-9)15(13)10-2-1-3-12(16)7-10/h1-3,7,9,11,13,16H,4-6,8,14H2. The molecule has 1 aliphatic heterocycles. The highest BCUT2D eigenvalue weighted by Crippen LogP contribution is 2.44. The molecule has 2 aliphatic rings. The van der Waals surface area contributed by atoms with E-state index in [0.29, 0.717) is 17.8 Å². The fourth-order valence-corrected chi connectivity index (χ4v) is 3.45. The average Bonchev–Trinajstić information content (AvgIpc) is 2.88. The van der Waals surface area contributed by atoms with Crippen LogP contribution in [0.3, 0.4) is 0 Å². The maximum Gasteiger partial charge on any atom is 0.117 e. The molecule has 3 heteroatoms. The van der Waals surface area contributed by atoms with Crippen molar-refractivity contribution in [3.63, 3.8) is 0 Å². The molecule has 0 aromatic heterocycles. The molecule has 3 rings (SSSR count). The fraction of sp³-hybridized carbons (Fsp3) is 0.538. The first-order chi connectivity index (χ1) is 7.79. The number of phenols is 1. The van der Waals surface area contributed by atoms with Crippen LogP contribution >= 0.6 is 0 Å². The summed E-state index contributed by atoms with van der Waals surface area (Å²) in [6, 6.07) is 8.66. The van der Waals surface area contributed by atoms with Crippen molar-refractivity contribution in [1.82, 2.24) is 0 Å². The molecule has 1 saturated heterocycles. The lowest BCUT2D eigenvalue weighted by atomic mass is 9.98. The van der Waals surface area contributed by atoms with E-state index in [4.69, 9.17) is 5.73 Å². The topological polar surface area (TPSA) is 49.5 Å². The Hall–Kier alpha value is -1.22. The maximum atomic E-state index is 9.54. The van der Waals surface area contributed by atoms with Crippen LogP contribution in [0.1, 0.15) is 19.3 Å². The molecular weight excluding hydrogens is 200 g/mol. The Kier molecular flexibility index (Phi) is 2.28. The van der Waals surface area contributed by atoms with Crippen LogP contribution in [0.25, 0.3) is 0 Å². The van der Waals surface area contributed by atoms with Crippen molar-refractivity contribution in [2.24, 2.45) is 11.7 Å². The van der Waals surface area contributed by atoms with Crippen LogP contribution in [0.5, 0.6) is 5.75 Å². The Morgan fingerprint density at radius 2 is 2.25 bits per heavy atom. The molecule has 86 valence electrons. The molecule has 3 atom stereocenters. The van der Waals surface area contributed by atoms with Gasteiger partial charge in [0, 0.05) is 30.4 Å². The second-order valence-electron chi connectivity index (χ2n) is 4.96. The van der Waals surface area contributed by atoms with Gasteiger partial charge in [0.2, 0.25) is 0 Å². The van der Waals surface area contributed by atoms with Crippen molar-refractivity contribution < 1.29 is 5.11 Å². The Morgan fingerprint density at radius 1 is 1.38 bits per heavy atom. The minimum atomic E-state index is 0.344. The zero-order valence-electron chi connectivity index (χ0n) is 9.34. The van der Waals surface area contributed by atoms with E-state index in [1.165, 1.54) is 19.3 Å². The number of hydrogen-bond acceptors (Lipinski definition) is 3. The van der Waals surface area contributed by atoms with Crippen LogP contribution in [0, 0.1) is 5.92 Å². The van der Waals surface area contributed by atoms with Crippen LogP contribution < -0.4 is 10.6 Å². The SMILES string of the molecule is NCC1C2CCC(C2)N1c1cccc(O)c1. The molecule has 3 N–H and O–H groups in total. The summed E-state index contributed by atoms with van der Waals surface area (Å²) in [6.07, 6.45) is 3.87. The fourth-order valence-electron chi connectivity index (χ4n) is 3.45. The lowest BCUT2D eigenvalue weighted by Gasteiger charge is -2.36. The molecule has 1 aliphatic carbocycles. The molecule has 0 radical (unpaired) electrons. The van der Waals surface area contributed by atoms with Crippen LogP contribution in [0.4, 0.5) is 5.69 Å². The zero-order chi connectivity index (χ0) is 11.1. The number of benzene rings is 1. The van der Waals surface area contributed by atoms with Crippen molar-refractivity contribution in [1.29, 1.82) is 0 Å². The van der Waals surface area contributed by atoms with E-state index in [1.807, 2.05) is 12.1 Å². The van der Waals surface area contributed by atoms with Gasteiger partial charge in [-0.15, -0.1) is 0 Å². The summed E-state index contributed by atoms with van der Waals surface area (Å²) in [4.78, 5) is 2.42. The minimum absolute atomic E-state index is 0.344. The van der Waals surface area contributed by atoms with E-state index in [2.05, 4.69) is 11.0 Å². The zero-order valence-corrected chi connectivity index (χ0v) is 9.34. The Morgan fingerprint density at radius 3 is 3.00 bits per heavy atom. The molecule has 3 unspecified atom stereocenters. The number of hydrogen-bond donors (Lipinski definition) is 2. The van der Waals surface area contributed by atoms with Crippen LogP contribution in [0.15, 0.2) is 24.3 Å². The second-order valence-corrected chi connectivity index (χ2v) is 4.96. The molecule has 0 spiro atoms. The number of anilines is 1. The van der Waals surface area contributed by atoms with Crippen LogP contribution in [0.2, 0.25) is 0 Å². The van der Waals surface area contributed by atoms with Gasteiger partial charge in [-0.05, 0) is 37.3 Å². The van der Waals surface area contributed by atoms with Crippen molar-refractivity contribution in [2.45, 2.75) is 31.3 Å². The number of nitrogens with zero attached hydrogens (tertiary/aromatic N) is 1. The molecule has 1 aromatic carbocycles. The molecule has 0 amide bonds. The number of aromatic hydroxyl groups is 1. The summed E-state index contributed by atoms with van der Waals surface area (Å²) in [5, 5.41) is 9.54. The number of phenolic OH excluding ortho intramolecular Hbond substituents is 1. The summed E-state index contributed by atoms with van der Waals surface area (Å²) < 4.78 is 0. The number of fused-ring (bicyclic) bond motifs is 2. The van der Waals surface area contributed by atoms with Crippen molar-refractivity contribution in [2.75, 3.05) is 11.4 Å². The van der Waals surface area contributed by atoms with Gasteiger partial charge in [-0.3, -0.25) is 0 Å². The second kappa shape index (κ2) is 3.67. The van der Waals surface area contributed by atoms with Crippen LogP contribution in [-0.4, -0.2) is 23.7 Å². The number of rotatable bonds is 2. The van der Waals surface area contributed by atoms with Gasteiger partial charge in [-0.25, -0.2) is 0 Å². The average molecular weight is 218 g/mol. The Bertz CT molecular complexity index is 393. The van der Waals surface area contributed by atoms with Crippen LogP contribution in [-0.2, 0) is 0 Å². The Balaban J connectivity index is 1.94. The first kappa shape index (κ1) is 9.97. The molecule has 16 heavy (non-hydrogen) atoms. The molecule has 2 bridgehead atoms. The molecule has 3 nitrogen and oxygen atoms in total. The highest BCUT2D eigenvalue weighted by atomic mass is 16.3. The third kappa shape index (κ3) is 1.39. The predicted octanol–water partition coefficient (Wildman–Crippen LogP) is 1.71. The van der Waals surface area contributed by atoms with Gasteiger partial charge < -0.3 is 15.7 Å². The van der Waals surface area contributed by atoms with Gasteiger partial charge >= 0.3 is 0 Å². The summed E-state index contributed by atoms with van der Waals surface area (Å²) >= 11 is 0. The lowest BCUT2D eigenvalue weighted by Crippen LogP contribution is -2.45. The van der Waals surface area contributed by atoms with Crippen molar-refractivity contribution >= 4 is 5.69 Å². The van der Waals surface area contributed by atoms with Gasteiger partial charge in [0.15, 0.2) is 0 Å². The van der Waals surface area contributed by atoms with E-state index >= 15 is 0 Å². The first-order valence-electron chi connectivity index (χ1n) is 6.07. The summed E-state index contributed by atoms with van der Waals surface area (Å²) in [5.41, 5.74) is 7.01. The monoisotopic (exact) mass is 218 g/mol. The van der Waals surface area contributed by atoms with Crippen molar-refractivity contribution in [3.8, 4) is 5.75 Å². The third-order valence-corrected chi connectivity index (χ3v) is 4.11. The van der Waals surface area contributed by atoms with E-state index in [0.717, 1.165) is 18.2 Å². The summed E-state index contributed by atoms with van der Waals surface area (Å²) in [6.45, 7) is 0.719. The molecular formula is C13H18N2O. The van der Waals surface area contributed by atoms with Crippen molar-refractivity contribution in [3.05, 3.63) is 24.3 Å². The van der Waals surface area contributed by atoms with Gasteiger partial charge in [0.1, 0.15) is 5.75 Å². The lowest BCUT2D eigenvalue weighted by molar-refractivity contribution is 0.433. The van der Waals surface area contributed by atoms with E-state index in [1.54, 1.807) is 6.07 Å². The molecule has 1 heterocycles. The predicted molar refractivity (Wildman–Crippen MR) is 64.6 cm³/mol. The van der Waals surface area contributed by atoms with Gasteiger partial charge in [-0.2, -0.15) is 0 Å². The highest BCUT2D eigenvalue weighted by molar-refractivity contribution is 5.54. The van der Waals surface area contributed by atoms with Gasteiger partial charge in [-0.1, -0.05) is 6.07 Å². The summed E-state index contributed by atoms with van der Waals surface area (Å²) in [5.74, 6) is 1.10. The normalized spacial score (nSPS) is 32.3. The molecule has 1 aromatic rings. The van der Waals surface area contributed by atoms with Gasteiger partial charge in [0.05, 0.1) is 0 Å². The Labute approximate surface area is 95.9 Å². The van der Waals surface area contributed by atoms with Gasteiger partial charge in [0.25, 0.3) is 0 Å². The minimum Gasteiger partial charge on any atom is -0.508 e. The number of nitrogens with two attached hydrogens (primary N) is 1. The number of piperidine rings is 1. The largest absolute Gasteiger partial charge is 0.508 e. The maximum absolute atomic E-state index is 9.54. The van der Waals surface area contributed by atoms with E-state index in [9.17, 15) is 5.11 Å². The smallest absolute Gasteiger partial charge is 0.117 e.